The van der Waals surface area contributed by atoms with Gasteiger partial charge in [-0.15, -0.1) is 6.58 Å². The lowest BCUT2D eigenvalue weighted by Crippen LogP contribution is -2.01. The molecule has 0 radical (unpaired) electrons. The molecule has 0 N–H and O–H groups in total. The average Bonchev–Trinajstić information content (AvgIpc) is 2.47. The van der Waals surface area contributed by atoms with Crippen LogP contribution in [-0.2, 0) is 9.53 Å². The molecule has 0 atom stereocenters. The number of allylic oxidation sites excluding steroid dienone is 1. The van der Waals surface area contributed by atoms with Gasteiger partial charge in [-0.25, -0.2) is 4.79 Å². The van der Waals surface area contributed by atoms with E-state index >= 15 is 0 Å². The molecule has 0 bridgehead atoms. The van der Waals surface area contributed by atoms with Crippen LogP contribution < -0.4 is 0 Å². The zero-order valence-corrected chi connectivity index (χ0v) is 11.4. The molecule has 1 aromatic carbocycles. The number of hydrogen-bond acceptors (Lipinski definition) is 2. The number of carbonyl (C=O) groups is 1. The fourth-order valence-corrected chi connectivity index (χ4v) is 1.28. The second-order valence-corrected chi connectivity index (χ2v) is 3.63. The van der Waals surface area contributed by atoms with E-state index in [4.69, 9.17) is 0 Å². The summed E-state index contributed by atoms with van der Waals surface area (Å²) in [5.74, 6) is -0.366. The maximum absolute atomic E-state index is 10.5. The van der Waals surface area contributed by atoms with Crippen LogP contribution in [0.1, 0.15) is 17.5 Å². The number of ether oxygens (including phenoxy) is 1. The topological polar surface area (TPSA) is 26.3 Å². The number of benzene rings is 1. The van der Waals surface area contributed by atoms with Gasteiger partial charge in [0.15, 0.2) is 0 Å². The van der Waals surface area contributed by atoms with Crippen LogP contribution >= 0.6 is 0 Å². The smallest absolute Gasteiger partial charge is 0.333 e. The molecule has 0 aliphatic carbocycles. The molecule has 19 heavy (non-hydrogen) atoms. The number of carbonyl (C=O) groups excluding carboxylic acids is 1. The summed E-state index contributed by atoms with van der Waals surface area (Å²) in [7, 11) is 1.33. The van der Waals surface area contributed by atoms with Gasteiger partial charge in [0.25, 0.3) is 0 Å². The Bertz CT molecular complexity index is 443. The van der Waals surface area contributed by atoms with E-state index in [-0.39, 0.29) is 5.97 Å². The maximum Gasteiger partial charge on any atom is 0.333 e. The number of esters is 1. The standard InChI is InChI=1S/C10H10.C7H10O2/c1-3-9-7-5-6-8-10(9)4-2;1-4-5-6(2)7(8)9-3/h3-8H,1-2H2;4H,1-2,5H2,3H3. The first-order valence-electron chi connectivity index (χ1n) is 5.81. The minimum absolute atomic E-state index is 0.366. The molecule has 0 fully saturated rings. The summed E-state index contributed by atoms with van der Waals surface area (Å²) in [6.07, 6.45) is 5.76. The maximum atomic E-state index is 10.5. The molecule has 0 aromatic heterocycles. The van der Waals surface area contributed by atoms with Crippen LogP contribution in [0.3, 0.4) is 0 Å². The second-order valence-electron chi connectivity index (χ2n) is 3.63. The predicted octanol–water partition coefficient (Wildman–Crippen LogP) is 4.26. The molecule has 100 valence electrons. The van der Waals surface area contributed by atoms with Gasteiger partial charge in [-0.05, 0) is 17.5 Å². The van der Waals surface area contributed by atoms with Crippen LogP contribution in [0, 0.1) is 0 Å². The lowest BCUT2D eigenvalue weighted by Gasteiger charge is -1.96. The number of rotatable bonds is 5. The Morgan fingerprint density at radius 3 is 1.95 bits per heavy atom. The zero-order chi connectivity index (χ0) is 14.7. The van der Waals surface area contributed by atoms with Crippen molar-refractivity contribution in [1.29, 1.82) is 0 Å². The van der Waals surface area contributed by atoms with Gasteiger partial charge in [-0.1, -0.05) is 62.2 Å². The first-order valence-corrected chi connectivity index (χ1v) is 5.81. The van der Waals surface area contributed by atoms with Crippen molar-refractivity contribution in [2.75, 3.05) is 7.11 Å². The van der Waals surface area contributed by atoms with Crippen molar-refractivity contribution >= 4 is 18.1 Å². The molecule has 2 nitrogen and oxygen atoms in total. The van der Waals surface area contributed by atoms with E-state index < -0.39 is 0 Å². The van der Waals surface area contributed by atoms with E-state index in [2.05, 4.69) is 31.1 Å². The van der Waals surface area contributed by atoms with Crippen molar-refractivity contribution in [1.82, 2.24) is 0 Å². The second kappa shape index (κ2) is 9.66. The third-order valence-electron chi connectivity index (χ3n) is 2.30. The van der Waals surface area contributed by atoms with Crippen molar-refractivity contribution < 1.29 is 9.53 Å². The van der Waals surface area contributed by atoms with E-state index in [0.717, 1.165) is 11.1 Å². The highest BCUT2D eigenvalue weighted by atomic mass is 16.5. The SMILES string of the molecule is C=CCC(=C)C(=O)OC.C=Cc1ccccc1C=C. The van der Waals surface area contributed by atoms with Crippen LogP contribution in [0.2, 0.25) is 0 Å². The predicted molar refractivity (Wildman–Crippen MR) is 82.6 cm³/mol. The molecule has 0 saturated carbocycles. The molecule has 0 spiro atoms. The Labute approximate surface area is 115 Å². The molecule has 0 amide bonds. The van der Waals surface area contributed by atoms with Crippen molar-refractivity contribution in [3.05, 3.63) is 73.4 Å². The van der Waals surface area contributed by atoms with E-state index in [1.807, 2.05) is 36.4 Å². The van der Waals surface area contributed by atoms with Gasteiger partial charge >= 0.3 is 5.97 Å². The van der Waals surface area contributed by atoms with Gasteiger partial charge in [0, 0.05) is 5.57 Å². The lowest BCUT2D eigenvalue weighted by molar-refractivity contribution is -0.136. The first kappa shape index (κ1) is 16.7. The fourth-order valence-electron chi connectivity index (χ4n) is 1.28. The normalized spacial score (nSPS) is 8.47. The Kier molecular flexibility index (Phi) is 8.46. The highest BCUT2D eigenvalue weighted by Gasteiger charge is 2.01. The molecular weight excluding hydrogens is 236 g/mol. The molecular formula is C17H20O2. The van der Waals surface area contributed by atoms with Crippen LogP contribution in [0.25, 0.3) is 12.2 Å². The number of hydrogen-bond donors (Lipinski definition) is 0. The molecule has 0 saturated heterocycles. The van der Waals surface area contributed by atoms with Gasteiger partial charge in [-0.3, -0.25) is 0 Å². The minimum atomic E-state index is -0.366. The molecule has 1 rings (SSSR count). The summed E-state index contributed by atoms with van der Waals surface area (Å²) in [6.45, 7) is 14.3. The summed E-state index contributed by atoms with van der Waals surface area (Å²) in [4.78, 5) is 10.5. The van der Waals surface area contributed by atoms with E-state index in [1.54, 1.807) is 6.08 Å². The van der Waals surface area contributed by atoms with E-state index in [0.29, 0.717) is 12.0 Å². The third-order valence-corrected chi connectivity index (χ3v) is 2.30. The lowest BCUT2D eigenvalue weighted by atomic mass is 10.1. The Hall–Kier alpha value is -2.35. The minimum Gasteiger partial charge on any atom is -0.466 e. The summed E-state index contributed by atoms with van der Waals surface area (Å²) >= 11 is 0. The van der Waals surface area contributed by atoms with Gasteiger partial charge in [-0.2, -0.15) is 0 Å². The fraction of sp³-hybridized carbons (Fsp3) is 0.118. The summed E-state index contributed by atoms with van der Waals surface area (Å²) in [5.41, 5.74) is 2.71. The van der Waals surface area contributed by atoms with E-state index in [1.165, 1.54) is 7.11 Å². The van der Waals surface area contributed by atoms with Crippen LogP contribution in [0.5, 0.6) is 0 Å². The van der Waals surface area contributed by atoms with E-state index in [9.17, 15) is 4.79 Å². The highest BCUT2D eigenvalue weighted by molar-refractivity contribution is 5.87. The van der Waals surface area contributed by atoms with Gasteiger partial charge in [0.05, 0.1) is 7.11 Å². The van der Waals surface area contributed by atoms with Crippen molar-refractivity contribution in [2.45, 2.75) is 6.42 Å². The Balaban J connectivity index is 0.000000344. The molecule has 0 unspecified atom stereocenters. The third kappa shape index (κ3) is 6.22. The Morgan fingerprint density at radius 2 is 1.63 bits per heavy atom. The van der Waals surface area contributed by atoms with Crippen molar-refractivity contribution in [2.24, 2.45) is 0 Å². The molecule has 0 heterocycles. The largest absolute Gasteiger partial charge is 0.466 e. The van der Waals surface area contributed by atoms with Gasteiger partial charge in [0.2, 0.25) is 0 Å². The zero-order valence-electron chi connectivity index (χ0n) is 11.4. The summed E-state index contributed by atoms with van der Waals surface area (Å²) < 4.78 is 4.38. The summed E-state index contributed by atoms with van der Waals surface area (Å²) in [6, 6.07) is 8.02. The Morgan fingerprint density at radius 1 is 1.16 bits per heavy atom. The van der Waals surface area contributed by atoms with Gasteiger partial charge in [0.1, 0.15) is 0 Å². The molecule has 1 aromatic rings. The number of methoxy groups -OCH3 is 1. The monoisotopic (exact) mass is 256 g/mol. The van der Waals surface area contributed by atoms with Crippen molar-refractivity contribution in [3.63, 3.8) is 0 Å². The molecule has 0 aliphatic rings. The highest BCUT2D eigenvalue weighted by Crippen LogP contribution is 2.10. The quantitative estimate of drug-likeness (QED) is 0.447. The first-order chi connectivity index (χ1) is 9.10. The summed E-state index contributed by atoms with van der Waals surface area (Å²) in [5, 5.41) is 0. The van der Waals surface area contributed by atoms with Crippen molar-refractivity contribution in [3.8, 4) is 0 Å². The van der Waals surface area contributed by atoms with Gasteiger partial charge < -0.3 is 4.74 Å². The average molecular weight is 256 g/mol. The molecule has 0 aliphatic heterocycles. The van der Waals surface area contributed by atoms with Crippen LogP contribution in [0.4, 0.5) is 0 Å². The van der Waals surface area contributed by atoms with Crippen LogP contribution in [-0.4, -0.2) is 13.1 Å². The van der Waals surface area contributed by atoms with Crippen LogP contribution in [0.15, 0.2) is 62.2 Å². The molecule has 2 heteroatoms.